The van der Waals surface area contributed by atoms with Crippen molar-refractivity contribution in [2.45, 2.75) is 19.8 Å². The van der Waals surface area contributed by atoms with Gasteiger partial charge in [0.25, 0.3) is 0 Å². The lowest BCUT2D eigenvalue weighted by Gasteiger charge is -2.08. The summed E-state index contributed by atoms with van der Waals surface area (Å²) in [6.07, 6.45) is 1.80. The molecule has 0 radical (unpaired) electrons. The fourth-order valence-corrected chi connectivity index (χ4v) is 1.62. The molecule has 0 fully saturated rings. The molecule has 1 aromatic heterocycles. The topological polar surface area (TPSA) is 78.8 Å². The molecular formula is C11H15N5O. The van der Waals surface area contributed by atoms with Crippen molar-refractivity contribution in [2.24, 2.45) is 0 Å². The van der Waals surface area contributed by atoms with E-state index in [4.69, 9.17) is 10.5 Å². The summed E-state index contributed by atoms with van der Waals surface area (Å²) in [6.45, 7) is 2.08. The third-order valence-electron chi connectivity index (χ3n) is 2.47. The van der Waals surface area contributed by atoms with Crippen molar-refractivity contribution >= 4 is 5.69 Å². The smallest absolute Gasteiger partial charge is 0.156 e. The fraction of sp³-hybridized carbons (Fsp3) is 0.364. The number of nitrogens with two attached hydrogens (primary N) is 1. The van der Waals surface area contributed by atoms with E-state index in [0.29, 0.717) is 5.69 Å². The number of nitrogen functional groups attached to an aromatic ring is 1. The molecule has 0 aliphatic heterocycles. The van der Waals surface area contributed by atoms with E-state index in [1.165, 1.54) is 0 Å². The second-order valence-electron chi connectivity index (χ2n) is 3.68. The highest BCUT2D eigenvalue weighted by Gasteiger charge is 2.10. The average molecular weight is 233 g/mol. The van der Waals surface area contributed by atoms with E-state index < -0.39 is 0 Å². The van der Waals surface area contributed by atoms with Crippen LogP contribution >= 0.6 is 0 Å². The highest BCUT2D eigenvalue weighted by atomic mass is 16.5. The first kappa shape index (κ1) is 11.4. The molecule has 0 saturated heterocycles. The second-order valence-corrected chi connectivity index (χ2v) is 3.68. The van der Waals surface area contributed by atoms with E-state index >= 15 is 0 Å². The molecule has 2 rings (SSSR count). The first-order chi connectivity index (χ1) is 8.26. The number of ether oxygens (including phenoxy) is 1. The Bertz CT molecular complexity index is 508. The van der Waals surface area contributed by atoms with Gasteiger partial charge in [0.2, 0.25) is 0 Å². The van der Waals surface area contributed by atoms with Crippen LogP contribution in [0.25, 0.3) is 5.69 Å². The molecule has 0 bridgehead atoms. The number of hydrogen-bond donors (Lipinski definition) is 1. The maximum absolute atomic E-state index is 5.96. The summed E-state index contributed by atoms with van der Waals surface area (Å²) in [7, 11) is 1.61. The molecule has 2 N–H and O–H groups in total. The van der Waals surface area contributed by atoms with Crippen molar-refractivity contribution in [3.8, 4) is 11.4 Å². The summed E-state index contributed by atoms with van der Waals surface area (Å²) in [5, 5.41) is 11.6. The van der Waals surface area contributed by atoms with Crippen LogP contribution in [0.1, 0.15) is 19.2 Å². The number of methoxy groups -OCH3 is 1. The monoisotopic (exact) mass is 233 g/mol. The molecule has 0 aliphatic rings. The Hall–Kier alpha value is -2.11. The molecule has 0 amide bonds. The van der Waals surface area contributed by atoms with E-state index in [1.807, 2.05) is 12.1 Å². The average Bonchev–Trinajstić information content (AvgIpc) is 2.77. The van der Waals surface area contributed by atoms with Gasteiger partial charge in [-0.05, 0) is 29.0 Å². The van der Waals surface area contributed by atoms with Gasteiger partial charge in [0, 0.05) is 12.5 Å². The van der Waals surface area contributed by atoms with E-state index in [9.17, 15) is 0 Å². The van der Waals surface area contributed by atoms with E-state index in [0.717, 1.165) is 30.1 Å². The summed E-state index contributed by atoms with van der Waals surface area (Å²) in [5.74, 6) is 1.53. The standard InChI is InChI=1S/C11H15N5O/c1-3-4-11-13-14-15-16(11)10-6-5-8(17-2)7-9(10)12/h5-7H,3-4,12H2,1-2H3. The third-order valence-corrected chi connectivity index (χ3v) is 2.47. The minimum absolute atomic E-state index is 0.592. The zero-order valence-electron chi connectivity index (χ0n) is 9.92. The molecule has 6 nitrogen and oxygen atoms in total. The summed E-state index contributed by atoms with van der Waals surface area (Å²) in [5.41, 5.74) is 7.33. The molecule has 1 aromatic carbocycles. The van der Waals surface area contributed by atoms with Crippen LogP contribution in [-0.2, 0) is 6.42 Å². The lowest BCUT2D eigenvalue weighted by molar-refractivity contribution is 0.415. The van der Waals surface area contributed by atoms with Crippen molar-refractivity contribution < 1.29 is 4.74 Å². The number of aryl methyl sites for hydroxylation is 1. The maximum atomic E-state index is 5.96. The van der Waals surface area contributed by atoms with E-state index in [2.05, 4.69) is 22.4 Å². The Kier molecular flexibility index (Phi) is 3.22. The van der Waals surface area contributed by atoms with Crippen molar-refractivity contribution in [1.82, 2.24) is 20.2 Å². The normalized spacial score (nSPS) is 10.5. The quantitative estimate of drug-likeness (QED) is 0.803. The van der Waals surface area contributed by atoms with Gasteiger partial charge in [-0.3, -0.25) is 0 Å². The Morgan fingerprint density at radius 2 is 2.24 bits per heavy atom. The van der Waals surface area contributed by atoms with Crippen LogP contribution in [0.3, 0.4) is 0 Å². The first-order valence-corrected chi connectivity index (χ1v) is 5.47. The van der Waals surface area contributed by atoms with Crippen LogP contribution < -0.4 is 10.5 Å². The highest BCUT2D eigenvalue weighted by molar-refractivity contribution is 5.60. The highest BCUT2D eigenvalue weighted by Crippen LogP contribution is 2.23. The molecule has 1 heterocycles. The van der Waals surface area contributed by atoms with Gasteiger partial charge in [0.1, 0.15) is 5.75 Å². The summed E-state index contributed by atoms with van der Waals surface area (Å²) in [6, 6.07) is 5.44. The molecule has 6 heteroatoms. The van der Waals surface area contributed by atoms with Gasteiger partial charge < -0.3 is 10.5 Å². The first-order valence-electron chi connectivity index (χ1n) is 5.47. The number of aromatic nitrogens is 4. The number of nitrogens with zero attached hydrogens (tertiary/aromatic N) is 4. The van der Waals surface area contributed by atoms with Crippen LogP contribution in [0.2, 0.25) is 0 Å². The number of benzene rings is 1. The van der Waals surface area contributed by atoms with Gasteiger partial charge in [-0.1, -0.05) is 6.92 Å². The Balaban J connectivity index is 2.42. The van der Waals surface area contributed by atoms with Crippen LogP contribution in [-0.4, -0.2) is 27.3 Å². The molecule has 0 spiro atoms. The molecule has 0 atom stereocenters. The van der Waals surface area contributed by atoms with Crippen molar-refractivity contribution in [3.05, 3.63) is 24.0 Å². The zero-order valence-corrected chi connectivity index (χ0v) is 9.92. The maximum Gasteiger partial charge on any atom is 0.156 e. The summed E-state index contributed by atoms with van der Waals surface area (Å²) < 4.78 is 6.77. The molecule has 0 saturated carbocycles. The summed E-state index contributed by atoms with van der Waals surface area (Å²) >= 11 is 0. The molecule has 90 valence electrons. The van der Waals surface area contributed by atoms with E-state index in [1.54, 1.807) is 17.9 Å². The molecule has 17 heavy (non-hydrogen) atoms. The van der Waals surface area contributed by atoms with Crippen LogP contribution in [0.15, 0.2) is 18.2 Å². The minimum Gasteiger partial charge on any atom is -0.497 e. The minimum atomic E-state index is 0.592. The van der Waals surface area contributed by atoms with Crippen molar-refractivity contribution in [1.29, 1.82) is 0 Å². The SMILES string of the molecule is CCCc1nnnn1-c1ccc(OC)cc1N. The lowest BCUT2D eigenvalue weighted by Crippen LogP contribution is -2.06. The van der Waals surface area contributed by atoms with Crippen molar-refractivity contribution in [2.75, 3.05) is 12.8 Å². The van der Waals surface area contributed by atoms with Gasteiger partial charge in [0.05, 0.1) is 18.5 Å². The van der Waals surface area contributed by atoms with E-state index in [-0.39, 0.29) is 0 Å². The molecule has 0 aliphatic carbocycles. The van der Waals surface area contributed by atoms with Crippen LogP contribution in [0, 0.1) is 0 Å². The van der Waals surface area contributed by atoms with Gasteiger partial charge in [-0.25, -0.2) is 0 Å². The Labute approximate surface area is 99.4 Å². The number of hydrogen-bond acceptors (Lipinski definition) is 5. The molecule has 2 aromatic rings. The zero-order chi connectivity index (χ0) is 12.3. The van der Waals surface area contributed by atoms with Crippen LogP contribution in [0.4, 0.5) is 5.69 Å². The largest absolute Gasteiger partial charge is 0.497 e. The number of anilines is 1. The summed E-state index contributed by atoms with van der Waals surface area (Å²) in [4.78, 5) is 0. The van der Waals surface area contributed by atoms with Crippen LogP contribution in [0.5, 0.6) is 5.75 Å². The van der Waals surface area contributed by atoms with Crippen molar-refractivity contribution in [3.63, 3.8) is 0 Å². The fourth-order valence-electron chi connectivity index (χ4n) is 1.62. The Morgan fingerprint density at radius 3 is 2.88 bits per heavy atom. The predicted molar refractivity (Wildman–Crippen MR) is 64.1 cm³/mol. The molecule has 0 unspecified atom stereocenters. The lowest BCUT2D eigenvalue weighted by atomic mass is 10.2. The third kappa shape index (κ3) is 2.20. The second kappa shape index (κ2) is 4.82. The van der Waals surface area contributed by atoms with Gasteiger partial charge >= 0.3 is 0 Å². The van der Waals surface area contributed by atoms with Gasteiger partial charge in [-0.2, -0.15) is 4.68 Å². The van der Waals surface area contributed by atoms with Gasteiger partial charge in [0.15, 0.2) is 5.82 Å². The number of tetrazole rings is 1. The predicted octanol–water partition coefficient (Wildman–Crippen LogP) is 1.21. The number of rotatable bonds is 4. The molecular weight excluding hydrogens is 218 g/mol. The van der Waals surface area contributed by atoms with Gasteiger partial charge in [-0.15, -0.1) is 5.10 Å². The Morgan fingerprint density at radius 1 is 1.41 bits per heavy atom.